The normalized spacial score (nSPS) is 21.6. The Kier molecular flexibility index (Phi) is 5.33. The Morgan fingerprint density at radius 2 is 1.96 bits per heavy atom. The Balaban J connectivity index is 1.59. The van der Waals surface area contributed by atoms with Crippen LogP contribution in [0.5, 0.6) is 0 Å². The van der Waals surface area contributed by atoms with Crippen LogP contribution in [0.1, 0.15) is 44.2 Å². The second kappa shape index (κ2) is 7.65. The van der Waals surface area contributed by atoms with Gasteiger partial charge in [-0.1, -0.05) is 12.1 Å². The molecule has 0 bridgehead atoms. The van der Waals surface area contributed by atoms with E-state index in [4.69, 9.17) is 0 Å². The number of hydrogen-bond acceptors (Lipinski definition) is 4. The number of aliphatic hydroxyl groups is 1. The van der Waals surface area contributed by atoms with Crippen LogP contribution < -0.4 is 5.32 Å². The molecule has 1 aliphatic carbocycles. The molecule has 7 heteroatoms. The minimum Gasteiger partial charge on any atom is -0.393 e. The SMILES string of the molecule is CC(c1ccc(-n2cncn2)cc1)N(C)C(=O)NC1CCC(O)CC1. The Bertz CT molecular complexity index is 678. The molecule has 2 aromatic rings. The van der Waals surface area contributed by atoms with E-state index in [-0.39, 0.29) is 24.2 Å². The Morgan fingerprint density at radius 1 is 1.28 bits per heavy atom. The van der Waals surface area contributed by atoms with Gasteiger partial charge in [0, 0.05) is 13.1 Å². The number of carbonyl (C=O) groups excluding carboxylic acids is 1. The zero-order valence-electron chi connectivity index (χ0n) is 14.7. The first-order valence-electron chi connectivity index (χ1n) is 8.71. The molecule has 2 amide bonds. The molecule has 7 nitrogen and oxygen atoms in total. The molecule has 1 atom stereocenters. The number of benzene rings is 1. The molecule has 1 aromatic heterocycles. The zero-order chi connectivity index (χ0) is 17.8. The summed E-state index contributed by atoms with van der Waals surface area (Å²) < 4.78 is 1.70. The van der Waals surface area contributed by atoms with E-state index in [1.165, 1.54) is 6.33 Å². The predicted molar refractivity (Wildman–Crippen MR) is 94.3 cm³/mol. The minimum atomic E-state index is -0.215. The Morgan fingerprint density at radius 3 is 2.56 bits per heavy atom. The van der Waals surface area contributed by atoms with Crippen molar-refractivity contribution in [2.24, 2.45) is 0 Å². The van der Waals surface area contributed by atoms with Crippen molar-refractivity contribution in [3.05, 3.63) is 42.5 Å². The van der Waals surface area contributed by atoms with Crippen molar-refractivity contribution in [1.82, 2.24) is 25.0 Å². The summed E-state index contributed by atoms with van der Waals surface area (Å²) in [6.07, 6.45) is 6.12. The number of nitrogens with one attached hydrogen (secondary N) is 1. The fourth-order valence-corrected chi connectivity index (χ4v) is 3.14. The lowest BCUT2D eigenvalue weighted by Gasteiger charge is -2.31. The number of aromatic nitrogens is 3. The Hall–Kier alpha value is -2.41. The highest BCUT2D eigenvalue weighted by atomic mass is 16.3. The number of aliphatic hydroxyl groups excluding tert-OH is 1. The lowest BCUT2D eigenvalue weighted by atomic mass is 9.93. The molecule has 0 saturated heterocycles. The molecule has 2 N–H and O–H groups in total. The number of rotatable bonds is 4. The maximum absolute atomic E-state index is 12.5. The number of urea groups is 1. The Labute approximate surface area is 147 Å². The van der Waals surface area contributed by atoms with Crippen LogP contribution in [0.3, 0.4) is 0 Å². The molecule has 1 aromatic carbocycles. The van der Waals surface area contributed by atoms with E-state index >= 15 is 0 Å². The van der Waals surface area contributed by atoms with E-state index in [9.17, 15) is 9.90 Å². The molecule has 1 heterocycles. The van der Waals surface area contributed by atoms with Crippen molar-refractivity contribution in [2.75, 3.05) is 7.05 Å². The third-order valence-electron chi connectivity index (χ3n) is 4.98. The molecule has 3 rings (SSSR count). The monoisotopic (exact) mass is 343 g/mol. The van der Waals surface area contributed by atoms with E-state index < -0.39 is 0 Å². The van der Waals surface area contributed by atoms with Gasteiger partial charge in [0.1, 0.15) is 12.7 Å². The van der Waals surface area contributed by atoms with Crippen LogP contribution in [0, 0.1) is 0 Å². The highest BCUT2D eigenvalue weighted by Crippen LogP contribution is 2.22. The first-order chi connectivity index (χ1) is 12.0. The fraction of sp³-hybridized carbons (Fsp3) is 0.500. The summed E-state index contributed by atoms with van der Waals surface area (Å²) in [5.74, 6) is 0. The number of nitrogens with zero attached hydrogens (tertiary/aromatic N) is 4. The van der Waals surface area contributed by atoms with E-state index in [1.54, 1.807) is 15.9 Å². The van der Waals surface area contributed by atoms with Gasteiger partial charge in [-0.3, -0.25) is 0 Å². The first kappa shape index (κ1) is 17.4. The maximum atomic E-state index is 12.5. The molecular formula is C18H25N5O2. The molecule has 134 valence electrons. The lowest BCUT2D eigenvalue weighted by molar-refractivity contribution is 0.115. The molecule has 1 saturated carbocycles. The number of hydrogen-bond donors (Lipinski definition) is 2. The van der Waals surface area contributed by atoms with Crippen LogP contribution in [0.15, 0.2) is 36.9 Å². The third-order valence-corrected chi connectivity index (χ3v) is 4.98. The van der Waals surface area contributed by atoms with Crippen LogP contribution in [-0.4, -0.2) is 50.0 Å². The molecular weight excluding hydrogens is 318 g/mol. The van der Waals surface area contributed by atoms with E-state index in [1.807, 2.05) is 38.2 Å². The largest absolute Gasteiger partial charge is 0.393 e. The van der Waals surface area contributed by atoms with Crippen molar-refractivity contribution in [2.45, 2.75) is 50.8 Å². The quantitative estimate of drug-likeness (QED) is 0.892. The molecule has 1 aliphatic rings. The minimum absolute atomic E-state index is 0.0426. The average molecular weight is 343 g/mol. The second-order valence-corrected chi connectivity index (χ2v) is 6.67. The van der Waals surface area contributed by atoms with Gasteiger partial charge in [-0.15, -0.1) is 0 Å². The van der Waals surface area contributed by atoms with Gasteiger partial charge in [-0.2, -0.15) is 5.10 Å². The zero-order valence-corrected chi connectivity index (χ0v) is 14.7. The summed E-state index contributed by atoms with van der Waals surface area (Å²) in [7, 11) is 1.81. The van der Waals surface area contributed by atoms with Crippen LogP contribution in [0.25, 0.3) is 5.69 Å². The summed E-state index contributed by atoms with van der Waals surface area (Å²) in [4.78, 5) is 18.2. The second-order valence-electron chi connectivity index (χ2n) is 6.67. The number of amides is 2. The topological polar surface area (TPSA) is 83.3 Å². The van der Waals surface area contributed by atoms with Crippen LogP contribution in [0.2, 0.25) is 0 Å². The van der Waals surface area contributed by atoms with Gasteiger partial charge < -0.3 is 15.3 Å². The summed E-state index contributed by atoms with van der Waals surface area (Å²) in [6.45, 7) is 2.01. The van der Waals surface area contributed by atoms with E-state index in [0.717, 1.165) is 36.9 Å². The first-order valence-corrected chi connectivity index (χ1v) is 8.71. The van der Waals surface area contributed by atoms with Gasteiger partial charge in [-0.25, -0.2) is 14.5 Å². The lowest BCUT2D eigenvalue weighted by Crippen LogP contribution is -2.45. The summed E-state index contributed by atoms with van der Waals surface area (Å²) in [5.41, 5.74) is 1.99. The highest BCUT2D eigenvalue weighted by molar-refractivity contribution is 5.74. The molecule has 1 fully saturated rings. The van der Waals surface area contributed by atoms with Crippen molar-refractivity contribution in [3.63, 3.8) is 0 Å². The molecule has 0 radical (unpaired) electrons. The number of carbonyl (C=O) groups is 1. The summed E-state index contributed by atoms with van der Waals surface area (Å²) >= 11 is 0. The standard InChI is InChI=1S/C18H25N5O2/c1-13(14-3-7-16(8-4-14)23-12-19-11-20-23)22(2)18(25)21-15-5-9-17(24)10-6-15/h3-4,7-8,11-13,15,17,24H,5-6,9-10H2,1-2H3,(H,21,25). The molecule has 0 aliphatic heterocycles. The molecule has 0 spiro atoms. The fourth-order valence-electron chi connectivity index (χ4n) is 3.14. The van der Waals surface area contributed by atoms with Gasteiger partial charge in [0.15, 0.2) is 0 Å². The van der Waals surface area contributed by atoms with E-state index in [2.05, 4.69) is 15.4 Å². The van der Waals surface area contributed by atoms with Crippen molar-refractivity contribution < 1.29 is 9.90 Å². The average Bonchev–Trinajstić information content (AvgIpc) is 3.17. The van der Waals surface area contributed by atoms with Gasteiger partial charge in [-0.05, 0) is 50.3 Å². The van der Waals surface area contributed by atoms with Crippen LogP contribution in [-0.2, 0) is 0 Å². The van der Waals surface area contributed by atoms with Crippen molar-refractivity contribution in [1.29, 1.82) is 0 Å². The van der Waals surface area contributed by atoms with E-state index in [0.29, 0.717) is 0 Å². The van der Waals surface area contributed by atoms with Crippen LogP contribution in [0.4, 0.5) is 4.79 Å². The summed E-state index contributed by atoms with van der Waals surface area (Å²) in [6, 6.07) is 7.97. The molecule has 25 heavy (non-hydrogen) atoms. The predicted octanol–water partition coefficient (Wildman–Crippen LogP) is 2.27. The summed E-state index contributed by atoms with van der Waals surface area (Å²) in [5, 5.41) is 16.7. The van der Waals surface area contributed by atoms with Gasteiger partial charge in [0.25, 0.3) is 0 Å². The third kappa shape index (κ3) is 4.17. The molecule has 1 unspecified atom stereocenters. The highest BCUT2D eigenvalue weighted by Gasteiger charge is 2.24. The van der Waals surface area contributed by atoms with Gasteiger partial charge >= 0.3 is 6.03 Å². The van der Waals surface area contributed by atoms with Gasteiger partial charge in [0.2, 0.25) is 0 Å². The maximum Gasteiger partial charge on any atom is 0.317 e. The van der Waals surface area contributed by atoms with Crippen molar-refractivity contribution >= 4 is 6.03 Å². The van der Waals surface area contributed by atoms with Gasteiger partial charge in [0.05, 0.1) is 17.8 Å². The smallest absolute Gasteiger partial charge is 0.317 e. The van der Waals surface area contributed by atoms with Crippen LogP contribution >= 0.6 is 0 Å². The van der Waals surface area contributed by atoms with Crippen molar-refractivity contribution in [3.8, 4) is 5.69 Å².